The summed E-state index contributed by atoms with van der Waals surface area (Å²) >= 11 is 15.1. The van der Waals surface area contributed by atoms with Gasteiger partial charge in [-0.2, -0.15) is 0 Å². The quantitative estimate of drug-likeness (QED) is 0.750. The van der Waals surface area contributed by atoms with E-state index in [0.717, 1.165) is 11.6 Å². The standard InChI is InChI=1S/C15H11BrCl2O4/c16-14-12(19)5-9(15(20)21)6-13(14)22-4-3-8-1-2-10(17)7-11(8)18/h1-2,5-7,19H,3-4H2,(H,20,21). The molecular formula is C15H11BrCl2O4. The monoisotopic (exact) mass is 404 g/mol. The highest BCUT2D eigenvalue weighted by molar-refractivity contribution is 9.10. The molecule has 2 rings (SSSR count). The smallest absolute Gasteiger partial charge is 0.335 e. The summed E-state index contributed by atoms with van der Waals surface area (Å²) in [5, 5.41) is 19.8. The van der Waals surface area contributed by atoms with Crippen LogP contribution in [0, 0.1) is 0 Å². The summed E-state index contributed by atoms with van der Waals surface area (Å²) in [5.41, 5.74) is 0.807. The van der Waals surface area contributed by atoms with E-state index in [-0.39, 0.29) is 23.7 Å². The largest absolute Gasteiger partial charge is 0.507 e. The Kier molecular flexibility index (Phi) is 5.56. The Morgan fingerprint density at radius 2 is 1.95 bits per heavy atom. The SMILES string of the molecule is O=C(O)c1cc(O)c(Br)c(OCCc2ccc(Cl)cc2Cl)c1. The van der Waals surface area contributed by atoms with Gasteiger partial charge in [0.05, 0.1) is 12.2 Å². The van der Waals surface area contributed by atoms with Crippen molar-refractivity contribution in [2.45, 2.75) is 6.42 Å². The summed E-state index contributed by atoms with van der Waals surface area (Å²) in [6.45, 7) is 0.266. The van der Waals surface area contributed by atoms with Gasteiger partial charge in [0.25, 0.3) is 0 Å². The van der Waals surface area contributed by atoms with Crippen LogP contribution in [0.4, 0.5) is 0 Å². The number of rotatable bonds is 5. The number of carbonyl (C=O) groups is 1. The minimum absolute atomic E-state index is 0.0553. The lowest BCUT2D eigenvalue weighted by molar-refractivity contribution is 0.0696. The van der Waals surface area contributed by atoms with Gasteiger partial charge in [0.2, 0.25) is 0 Å². The zero-order valence-electron chi connectivity index (χ0n) is 11.1. The van der Waals surface area contributed by atoms with Crippen LogP contribution in [0.3, 0.4) is 0 Å². The molecule has 0 spiro atoms. The number of carboxylic acids is 1. The van der Waals surface area contributed by atoms with Crippen molar-refractivity contribution in [1.29, 1.82) is 0 Å². The van der Waals surface area contributed by atoms with E-state index in [0.29, 0.717) is 20.9 Å². The lowest BCUT2D eigenvalue weighted by Crippen LogP contribution is -2.04. The zero-order chi connectivity index (χ0) is 16.3. The molecule has 0 saturated carbocycles. The first-order valence-electron chi connectivity index (χ1n) is 6.21. The second kappa shape index (κ2) is 7.22. The second-order valence-corrected chi connectivity index (χ2v) is 6.08. The van der Waals surface area contributed by atoms with Gasteiger partial charge in [-0.1, -0.05) is 29.3 Å². The fourth-order valence-corrected chi connectivity index (χ4v) is 2.65. The molecule has 0 amide bonds. The molecule has 4 nitrogen and oxygen atoms in total. The summed E-state index contributed by atoms with van der Waals surface area (Å²) in [6, 6.07) is 7.67. The molecule has 0 bridgehead atoms. The molecule has 0 aliphatic carbocycles. The van der Waals surface area contributed by atoms with Crippen molar-refractivity contribution in [3.8, 4) is 11.5 Å². The topological polar surface area (TPSA) is 66.8 Å². The van der Waals surface area contributed by atoms with Gasteiger partial charge < -0.3 is 14.9 Å². The van der Waals surface area contributed by atoms with E-state index in [2.05, 4.69) is 15.9 Å². The summed E-state index contributed by atoms with van der Waals surface area (Å²) in [7, 11) is 0. The molecule has 0 radical (unpaired) electrons. The average Bonchev–Trinajstić information content (AvgIpc) is 2.45. The number of phenolic OH excluding ortho intramolecular Hbond substituents is 1. The van der Waals surface area contributed by atoms with Crippen LogP contribution in [0.1, 0.15) is 15.9 Å². The predicted molar refractivity (Wildman–Crippen MR) is 88.4 cm³/mol. The summed E-state index contributed by atoms with van der Waals surface area (Å²) in [6.07, 6.45) is 0.514. The highest BCUT2D eigenvalue weighted by Gasteiger charge is 2.13. The molecule has 0 aliphatic heterocycles. The lowest BCUT2D eigenvalue weighted by Gasteiger charge is -2.11. The number of aromatic carboxylic acids is 1. The number of hydrogen-bond donors (Lipinski definition) is 2. The molecule has 2 aromatic rings. The number of carboxylic acid groups (broad SMARTS) is 1. The van der Waals surface area contributed by atoms with E-state index >= 15 is 0 Å². The first-order valence-corrected chi connectivity index (χ1v) is 7.76. The van der Waals surface area contributed by atoms with Crippen molar-refractivity contribution in [2.75, 3.05) is 6.61 Å². The molecule has 0 fully saturated rings. The second-order valence-electron chi connectivity index (χ2n) is 4.45. The highest BCUT2D eigenvalue weighted by Crippen LogP contribution is 2.35. The van der Waals surface area contributed by atoms with Gasteiger partial charge in [-0.05, 0) is 45.8 Å². The maximum Gasteiger partial charge on any atom is 0.335 e. The number of ether oxygens (including phenoxy) is 1. The Morgan fingerprint density at radius 3 is 2.59 bits per heavy atom. The Balaban J connectivity index is 2.10. The van der Waals surface area contributed by atoms with Gasteiger partial charge in [0.15, 0.2) is 0 Å². The van der Waals surface area contributed by atoms with Crippen LogP contribution in [0.5, 0.6) is 11.5 Å². The van der Waals surface area contributed by atoms with Crippen molar-refractivity contribution in [1.82, 2.24) is 0 Å². The molecule has 2 aromatic carbocycles. The van der Waals surface area contributed by atoms with Gasteiger partial charge in [-0.25, -0.2) is 4.79 Å². The molecule has 0 unspecified atom stereocenters. The molecule has 0 atom stereocenters. The van der Waals surface area contributed by atoms with Crippen molar-refractivity contribution < 1.29 is 19.7 Å². The van der Waals surface area contributed by atoms with E-state index < -0.39 is 5.97 Å². The van der Waals surface area contributed by atoms with Gasteiger partial charge >= 0.3 is 5.97 Å². The highest BCUT2D eigenvalue weighted by atomic mass is 79.9. The van der Waals surface area contributed by atoms with Crippen LogP contribution in [0.15, 0.2) is 34.8 Å². The molecule has 2 N–H and O–H groups in total. The molecule has 0 aliphatic rings. The maximum atomic E-state index is 11.0. The summed E-state index contributed by atoms with van der Waals surface area (Å²) < 4.78 is 5.84. The lowest BCUT2D eigenvalue weighted by atomic mass is 10.1. The third kappa shape index (κ3) is 4.06. The fraction of sp³-hybridized carbons (Fsp3) is 0.133. The van der Waals surface area contributed by atoms with Crippen LogP contribution < -0.4 is 4.74 Å². The van der Waals surface area contributed by atoms with Gasteiger partial charge in [0, 0.05) is 16.5 Å². The Morgan fingerprint density at radius 1 is 1.23 bits per heavy atom. The van der Waals surface area contributed by atoms with Crippen LogP contribution in [0.2, 0.25) is 10.0 Å². The normalized spacial score (nSPS) is 10.5. The maximum absolute atomic E-state index is 11.0. The predicted octanol–water partition coefficient (Wildman–Crippen LogP) is 4.78. The van der Waals surface area contributed by atoms with E-state index in [1.54, 1.807) is 18.2 Å². The van der Waals surface area contributed by atoms with E-state index in [1.165, 1.54) is 6.07 Å². The molecular weight excluding hydrogens is 395 g/mol. The number of phenols is 1. The Bertz CT molecular complexity index is 719. The van der Waals surface area contributed by atoms with Crippen molar-refractivity contribution >= 4 is 45.1 Å². The van der Waals surface area contributed by atoms with Crippen LogP contribution in [-0.4, -0.2) is 22.8 Å². The Labute approximate surface area is 145 Å². The number of benzene rings is 2. The summed E-state index contributed by atoms with van der Waals surface area (Å²) in [4.78, 5) is 11.0. The third-order valence-corrected chi connectivity index (χ3v) is 4.30. The van der Waals surface area contributed by atoms with E-state index in [4.69, 9.17) is 33.0 Å². The molecule has 0 saturated heterocycles. The molecule has 116 valence electrons. The average molecular weight is 406 g/mol. The minimum atomic E-state index is -1.15. The van der Waals surface area contributed by atoms with E-state index in [1.807, 2.05) is 0 Å². The van der Waals surface area contributed by atoms with Crippen LogP contribution >= 0.6 is 39.1 Å². The molecule has 22 heavy (non-hydrogen) atoms. The third-order valence-electron chi connectivity index (χ3n) is 2.91. The zero-order valence-corrected chi connectivity index (χ0v) is 14.2. The number of halogens is 3. The van der Waals surface area contributed by atoms with Crippen molar-refractivity contribution in [3.05, 3.63) is 56.0 Å². The van der Waals surface area contributed by atoms with Crippen molar-refractivity contribution in [2.24, 2.45) is 0 Å². The number of hydrogen-bond acceptors (Lipinski definition) is 3. The molecule has 7 heteroatoms. The first-order chi connectivity index (χ1) is 10.4. The summed E-state index contributed by atoms with van der Waals surface area (Å²) in [5.74, 6) is -1.09. The van der Waals surface area contributed by atoms with E-state index in [9.17, 15) is 9.90 Å². The van der Waals surface area contributed by atoms with Crippen LogP contribution in [-0.2, 0) is 6.42 Å². The Hall–Kier alpha value is -1.43. The fourth-order valence-electron chi connectivity index (χ4n) is 1.81. The molecule has 0 aromatic heterocycles. The van der Waals surface area contributed by atoms with Crippen LogP contribution in [0.25, 0.3) is 0 Å². The molecule has 0 heterocycles. The van der Waals surface area contributed by atoms with Gasteiger partial charge in [-0.15, -0.1) is 0 Å². The first kappa shape index (κ1) is 16.9. The minimum Gasteiger partial charge on any atom is -0.507 e. The van der Waals surface area contributed by atoms with Gasteiger partial charge in [-0.3, -0.25) is 0 Å². The van der Waals surface area contributed by atoms with Gasteiger partial charge in [0.1, 0.15) is 16.0 Å². The number of aromatic hydroxyl groups is 1. The van der Waals surface area contributed by atoms with Crippen molar-refractivity contribution in [3.63, 3.8) is 0 Å².